The number of piperidine rings is 1. The Morgan fingerprint density at radius 3 is 2.67 bits per heavy atom. The molecule has 3 heterocycles. The molecule has 2 saturated heterocycles. The van der Waals surface area contributed by atoms with Gasteiger partial charge >= 0.3 is 0 Å². The van der Waals surface area contributed by atoms with Crippen LogP contribution in [0.4, 0.5) is 4.39 Å². The Hall–Kier alpha value is -2.81. The number of sulfonamides is 1. The first-order chi connectivity index (χ1) is 18.9. The van der Waals surface area contributed by atoms with Crippen molar-refractivity contribution in [3.05, 3.63) is 83.8 Å². The molecule has 8 heteroatoms. The summed E-state index contributed by atoms with van der Waals surface area (Å²) >= 11 is 0. The van der Waals surface area contributed by atoms with Crippen molar-refractivity contribution < 1.29 is 17.5 Å². The van der Waals surface area contributed by atoms with Gasteiger partial charge in [0.15, 0.2) is 0 Å². The highest BCUT2D eigenvalue weighted by molar-refractivity contribution is 7.89. The van der Waals surface area contributed by atoms with Crippen LogP contribution in [0.2, 0.25) is 0 Å². The lowest BCUT2D eigenvalue weighted by atomic mass is 9.83. The van der Waals surface area contributed by atoms with Gasteiger partial charge in [-0.3, -0.25) is 0 Å². The molecule has 3 fully saturated rings. The number of ether oxygens (including phenoxy) is 1. The number of aromatic nitrogens is 2. The number of rotatable bonds is 6. The van der Waals surface area contributed by atoms with E-state index in [-0.39, 0.29) is 22.9 Å². The number of fused-ring (bicyclic) bond motifs is 2. The molecule has 2 aromatic carbocycles. The Balaban J connectivity index is 1.24. The summed E-state index contributed by atoms with van der Waals surface area (Å²) < 4.78 is 49.9. The lowest BCUT2D eigenvalue weighted by Gasteiger charge is -2.29. The molecular weight excluding hydrogens is 513 g/mol. The molecule has 0 N–H and O–H groups in total. The Morgan fingerprint density at radius 2 is 1.92 bits per heavy atom. The number of allylic oxidation sites excluding steroid dienone is 4. The molecule has 39 heavy (non-hydrogen) atoms. The molecule has 2 aliphatic carbocycles. The van der Waals surface area contributed by atoms with Crippen molar-refractivity contribution in [2.75, 3.05) is 32.1 Å². The fourth-order valence-corrected chi connectivity index (χ4v) is 9.57. The predicted molar refractivity (Wildman–Crippen MR) is 150 cm³/mol. The van der Waals surface area contributed by atoms with Crippen LogP contribution in [-0.4, -0.2) is 54.6 Å². The van der Waals surface area contributed by atoms with E-state index in [0.717, 1.165) is 41.4 Å². The maximum absolute atomic E-state index is 13.6. The van der Waals surface area contributed by atoms with Gasteiger partial charge in [0.05, 0.1) is 23.2 Å². The van der Waals surface area contributed by atoms with Crippen LogP contribution in [0.1, 0.15) is 30.4 Å². The van der Waals surface area contributed by atoms with Crippen LogP contribution in [0.25, 0.3) is 16.6 Å². The van der Waals surface area contributed by atoms with Gasteiger partial charge in [-0.1, -0.05) is 24.3 Å². The van der Waals surface area contributed by atoms with E-state index in [1.54, 1.807) is 16.4 Å². The Morgan fingerprint density at radius 1 is 1.13 bits per heavy atom. The van der Waals surface area contributed by atoms with Crippen LogP contribution >= 0.6 is 0 Å². The summed E-state index contributed by atoms with van der Waals surface area (Å²) in [5.74, 6) is 1.25. The topological polar surface area (TPSA) is 64.4 Å². The zero-order chi connectivity index (χ0) is 26.8. The standard InChI is InChI=1S/C31H34FN3O3S/c1-21-15-29-24(17-33-35(29)26-9-7-25(32)8-10-26)16-27(21)31-20-34(39(36,37)19-22-11-13-38-14-12-22)18-28(31)30(31)23-5-3-2-4-6-23/h2-5,7-10,15-17,22-23,28,30H,6,11-14,18-20H2,1H3/t23?,28-,30-,31+/m1/s1. The lowest BCUT2D eigenvalue weighted by molar-refractivity contribution is 0.0720. The Kier molecular flexibility index (Phi) is 6.06. The van der Waals surface area contributed by atoms with Gasteiger partial charge in [-0.15, -0.1) is 0 Å². The summed E-state index contributed by atoms with van der Waals surface area (Å²) in [4.78, 5) is 0. The van der Waals surface area contributed by atoms with E-state index < -0.39 is 10.0 Å². The van der Waals surface area contributed by atoms with Gasteiger partial charge in [-0.2, -0.15) is 5.10 Å². The zero-order valence-corrected chi connectivity index (χ0v) is 23.0. The number of benzene rings is 2. The largest absolute Gasteiger partial charge is 0.381 e. The van der Waals surface area contributed by atoms with E-state index in [4.69, 9.17) is 4.74 Å². The van der Waals surface area contributed by atoms with Crippen LogP contribution in [0.15, 0.2) is 66.9 Å². The van der Waals surface area contributed by atoms with Crippen LogP contribution in [0.5, 0.6) is 0 Å². The van der Waals surface area contributed by atoms with Crippen LogP contribution < -0.4 is 0 Å². The molecule has 3 aromatic rings. The maximum atomic E-state index is 13.6. The summed E-state index contributed by atoms with van der Waals surface area (Å²) in [6, 6.07) is 10.8. The van der Waals surface area contributed by atoms with Crippen LogP contribution in [-0.2, 0) is 20.2 Å². The van der Waals surface area contributed by atoms with Crippen LogP contribution in [0.3, 0.4) is 0 Å². The van der Waals surface area contributed by atoms with Gasteiger partial charge in [0.1, 0.15) is 5.82 Å². The third-order valence-corrected chi connectivity index (χ3v) is 11.5. The molecule has 4 atom stereocenters. The number of hydrogen-bond acceptors (Lipinski definition) is 4. The van der Waals surface area contributed by atoms with Gasteiger partial charge in [0.2, 0.25) is 10.0 Å². The Bertz CT molecular complexity index is 1570. The first-order valence-corrected chi connectivity index (χ1v) is 15.6. The molecule has 4 aliphatic rings. The highest BCUT2D eigenvalue weighted by Crippen LogP contribution is 2.69. The van der Waals surface area contributed by atoms with Crippen molar-refractivity contribution in [3.63, 3.8) is 0 Å². The van der Waals surface area contributed by atoms with Gasteiger partial charge in [-0.05, 0) is 97.4 Å². The van der Waals surface area contributed by atoms with Crippen molar-refractivity contribution in [2.24, 2.45) is 23.7 Å². The highest BCUT2D eigenvalue weighted by atomic mass is 32.2. The second-order valence-electron chi connectivity index (χ2n) is 11.8. The molecule has 0 bridgehead atoms. The van der Waals surface area contributed by atoms with Crippen molar-refractivity contribution in [1.29, 1.82) is 0 Å². The van der Waals surface area contributed by atoms with Crippen molar-refractivity contribution in [2.45, 2.75) is 31.6 Å². The number of nitrogens with zero attached hydrogens (tertiary/aromatic N) is 3. The average Bonchev–Trinajstić information content (AvgIpc) is 3.20. The van der Waals surface area contributed by atoms with E-state index in [1.807, 2.05) is 10.9 Å². The minimum absolute atomic E-state index is 0.175. The van der Waals surface area contributed by atoms with E-state index in [2.05, 4.69) is 48.5 Å². The first-order valence-electron chi connectivity index (χ1n) is 14.0. The molecule has 0 radical (unpaired) electrons. The molecule has 1 unspecified atom stereocenters. The van der Waals surface area contributed by atoms with Crippen molar-refractivity contribution in [1.82, 2.24) is 14.1 Å². The van der Waals surface area contributed by atoms with E-state index >= 15 is 0 Å². The SMILES string of the molecule is Cc1cc2c(cnn2-c2ccc(F)cc2)cc1[C@@]12CN(S(=O)(=O)CC3CCOCC3)C[C@@H]1[C@H]2C1C=CC=CC1. The summed E-state index contributed by atoms with van der Waals surface area (Å²) in [5, 5.41) is 5.64. The Labute approximate surface area is 229 Å². The minimum atomic E-state index is -3.35. The normalized spacial score (nSPS) is 29.2. The van der Waals surface area contributed by atoms with Crippen molar-refractivity contribution in [3.8, 4) is 5.69 Å². The summed E-state index contributed by atoms with van der Waals surface area (Å²) in [7, 11) is -3.35. The molecule has 0 spiro atoms. The quantitative estimate of drug-likeness (QED) is 0.428. The van der Waals surface area contributed by atoms with Gasteiger partial charge < -0.3 is 4.74 Å². The van der Waals surface area contributed by atoms with Gasteiger partial charge in [0, 0.05) is 37.1 Å². The second-order valence-corrected chi connectivity index (χ2v) is 13.8. The van der Waals surface area contributed by atoms with Gasteiger partial charge in [-0.25, -0.2) is 21.8 Å². The molecule has 1 saturated carbocycles. The second kappa shape index (κ2) is 9.39. The lowest BCUT2D eigenvalue weighted by Crippen LogP contribution is -2.39. The fourth-order valence-electron chi connectivity index (χ4n) is 7.63. The van der Waals surface area contributed by atoms with Gasteiger partial charge in [0.25, 0.3) is 0 Å². The monoisotopic (exact) mass is 547 g/mol. The highest BCUT2D eigenvalue weighted by Gasteiger charge is 2.72. The molecule has 0 amide bonds. The van der Waals surface area contributed by atoms with E-state index in [1.165, 1.54) is 17.7 Å². The molecular formula is C31H34FN3O3S. The smallest absolute Gasteiger partial charge is 0.214 e. The molecule has 6 nitrogen and oxygen atoms in total. The number of aryl methyl sites for hydroxylation is 1. The fraction of sp³-hybridized carbons (Fsp3) is 0.452. The summed E-state index contributed by atoms with van der Waals surface area (Å²) in [6.07, 6.45) is 13.3. The molecule has 2 aliphatic heterocycles. The third kappa shape index (κ3) is 4.19. The number of hydrogen-bond donors (Lipinski definition) is 0. The van der Waals surface area contributed by atoms with E-state index in [9.17, 15) is 12.8 Å². The zero-order valence-electron chi connectivity index (χ0n) is 22.2. The average molecular weight is 548 g/mol. The van der Waals surface area contributed by atoms with Crippen LogP contribution in [0, 0.1) is 36.4 Å². The number of halogens is 1. The molecule has 204 valence electrons. The molecule has 1 aromatic heterocycles. The summed E-state index contributed by atoms with van der Waals surface area (Å²) in [5.41, 5.74) is 3.98. The summed E-state index contributed by atoms with van der Waals surface area (Å²) in [6.45, 7) is 4.58. The predicted octanol–water partition coefficient (Wildman–Crippen LogP) is 5.16. The molecule has 7 rings (SSSR count). The van der Waals surface area contributed by atoms with Crippen molar-refractivity contribution >= 4 is 20.9 Å². The van der Waals surface area contributed by atoms with E-state index in [0.29, 0.717) is 44.1 Å². The maximum Gasteiger partial charge on any atom is 0.214 e. The first kappa shape index (κ1) is 25.2. The third-order valence-electron chi connectivity index (χ3n) is 9.56. The minimum Gasteiger partial charge on any atom is -0.381 e.